The Kier molecular flexibility index (Phi) is 7.07. The fourth-order valence-corrected chi connectivity index (χ4v) is 3.49. The Morgan fingerprint density at radius 2 is 1.58 bits per heavy atom. The van der Waals surface area contributed by atoms with Gasteiger partial charge in [-0.3, -0.25) is 14.5 Å². The minimum atomic E-state index is -0.593. The molecule has 0 aliphatic carbocycles. The summed E-state index contributed by atoms with van der Waals surface area (Å²) in [6.07, 6.45) is 0. The number of carbonyl (C=O) groups excluding carboxylic acids is 2. The van der Waals surface area contributed by atoms with Gasteiger partial charge in [0.15, 0.2) is 0 Å². The van der Waals surface area contributed by atoms with Crippen LogP contribution in [-0.2, 0) is 15.0 Å². The quantitative estimate of drug-likeness (QED) is 0.763. The van der Waals surface area contributed by atoms with Crippen molar-refractivity contribution in [1.29, 1.82) is 0 Å². The van der Waals surface area contributed by atoms with E-state index in [-0.39, 0.29) is 11.8 Å². The van der Waals surface area contributed by atoms with Gasteiger partial charge < -0.3 is 9.80 Å². The van der Waals surface area contributed by atoms with Gasteiger partial charge in [0.25, 0.3) is 0 Å². The molecule has 0 N–H and O–H groups in total. The maximum Gasteiger partial charge on any atom is 0.236 e. The summed E-state index contributed by atoms with van der Waals surface area (Å²) in [7, 11) is 0. The number of benzene rings is 1. The molecule has 26 heavy (non-hydrogen) atoms. The minimum Gasteiger partial charge on any atom is -0.342 e. The van der Waals surface area contributed by atoms with Gasteiger partial charge in [-0.15, -0.1) is 0 Å². The number of likely N-dealkylation sites (N-methyl/N-ethyl adjacent to an activating group) is 1. The van der Waals surface area contributed by atoms with Crippen LogP contribution in [0.5, 0.6) is 0 Å². The van der Waals surface area contributed by atoms with Gasteiger partial charge >= 0.3 is 0 Å². The molecule has 1 heterocycles. The average Bonchev–Trinajstić information content (AvgIpc) is 2.63. The van der Waals surface area contributed by atoms with E-state index in [2.05, 4.69) is 4.90 Å². The maximum absolute atomic E-state index is 13.0. The molecule has 1 aliphatic heterocycles. The van der Waals surface area contributed by atoms with Gasteiger partial charge in [0, 0.05) is 44.3 Å². The molecule has 0 atom stereocenters. The van der Waals surface area contributed by atoms with E-state index in [4.69, 9.17) is 11.6 Å². The lowest BCUT2D eigenvalue weighted by Gasteiger charge is -2.39. The number of amides is 2. The largest absolute Gasteiger partial charge is 0.342 e. The van der Waals surface area contributed by atoms with E-state index < -0.39 is 5.41 Å². The maximum atomic E-state index is 13.0. The smallest absolute Gasteiger partial charge is 0.236 e. The average molecular weight is 380 g/mol. The van der Waals surface area contributed by atoms with Crippen molar-refractivity contribution in [1.82, 2.24) is 14.7 Å². The highest BCUT2D eigenvalue weighted by atomic mass is 35.5. The molecule has 2 rings (SSSR count). The van der Waals surface area contributed by atoms with Gasteiger partial charge in [0.1, 0.15) is 0 Å². The van der Waals surface area contributed by atoms with E-state index >= 15 is 0 Å². The van der Waals surface area contributed by atoms with Crippen molar-refractivity contribution in [2.75, 3.05) is 45.8 Å². The molecule has 1 saturated heterocycles. The van der Waals surface area contributed by atoms with Crippen LogP contribution in [0.4, 0.5) is 0 Å². The van der Waals surface area contributed by atoms with Gasteiger partial charge in [-0.05, 0) is 45.4 Å². The van der Waals surface area contributed by atoms with Crippen LogP contribution >= 0.6 is 11.6 Å². The van der Waals surface area contributed by atoms with Crippen molar-refractivity contribution in [3.05, 3.63) is 34.9 Å². The van der Waals surface area contributed by atoms with Crippen LogP contribution in [0.2, 0.25) is 5.02 Å². The van der Waals surface area contributed by atoms with Crippen LogP contribution in [0, 0.1) is 0 Å². The molecule has 0 bridgehead atoms. The first kappa shape index (κ1) is 20.7. The highest BCUT2D eigenvalue weighted by Crippen LogP contribution is 2.27. The first-order chi connectivity index (χ1) is 12.3. The molecule has 0 saturated carbocycles. The van der Waals surface area contributed by atoms with Gasteiger partial charge in [0.05, 0.1) is 12.0 Å². The summed E-state index contributed by atoms with van der Waals surface area (Å²) < 4.78 is 0. The number of hydrogen-bond acceptors (Lipinski definition) is 3. The molecule has 1 aromatic rings. The second-order valence-corrected chi connectivity index (χ2v) is 7.70. The van der Waals surface area contributed by atoms with Crippen LogP contribution in [-0.4, -0.2) is 72.3 Å². The van der Waals surface area contributed by atoms with E-state index in [0.29, 0.717) is 24.7 Å². The highest BCUT2D eigenvalue weighted by Gasteiger charge is 2.35. The third kappa shape index (κ3) is 4.77. The Balaban J connectivity index is 1.93. The molecule has 6 heteroatoms. The number of halogens is 1. The van der Waals surface area contributed by atoms with E-state index in [9.17, 15) is 9.59 Å². The second kappa shape index (κ2) is 8.87. The van der Waals surface area contributed by atoms with Crippen LogP contribution < -0.4 is 0 Å². The summed E-state index contributed by atoms with van der Waals surface area (Å²) in [6, 6.07) is 7.48. The molecule has 144 valence electrons. The Bertz CT molecular complexity index is 618. The fourth-order valence-electron chi connectivity index (χ4n) is 3.36. The van der Waals surface area contributed by atoms with Gasteiger partial charge in [-0.2, -0.15) is 0 Å². The second-order valence-electron chi connectivity index (χ2n) is 7.27. The third-order valence-electron chi connectivity index (χ3n) is 5.24. The molecular weight excluding hydrogens is 350 g/mol. The van der Waals surface area contributed by atoms with Crippen molar-refractivity contribution in [3.8, 4) is 0 Å². The molecule has 1 aliphatic rings. The normalized spacial score (nSPS) is 15.8. The van der Waals surface area contributed by atoms with Crippen LogP contribution in [0.15, 0.2) is 24.3 Å². The van der Waals surface area contributed by atoms with Gasteiger partial charge in [0.2, 0.25) is 11.8 Å². The number of hydrogen-bond donors (Lipinski definition) is 0. The number of nitrogens with zero attached hydrogens (tertiary/aromatic N) is 3. The third-order valence-corrected chi connectivity index (χ3v) is 5.49. The lowest BCUT2D eigenvalue weighted by atomic mass is 9.83. The molecular formula is C20H30ClN3O2. The fraction of sp³-hybridized carbons (Fsp3) is 0.600. The van der Waals surface area contributed by atoms with Crippen LogP contribution in [0.25, 0.3) is 0 Å². The molecule has 0 radical (unpaired) electrons. The van der Waals surface area contributed by atoms with E-state index in [0.717, 1.165) is 31.7 Å². The molecule has 0 spiro atoms. The molecule has 0 unspecified atom stereocenters. The predicted molar refractivity (Wildman–Crippen MR) is 105 cm³/mol. The predicted octanol–water partition coefficient (Wildman–Crippen LogP) is 2.63. The Hall–Kier alpha value is -1.59. The number of carbonyl (C=O) groups is 2. The summed E-state index contributed by atoms with van der Waals surface area (Å²) in [5, 5.41) is 0.670. The van der Waals surface area contributed by atoms with Crippen molar-refractivity contribution < 1.29 is 9.59 Å². The van der Waals surface area contributed by atoms with Crippen molar-refractivity contribution in [2.24, 2.45) is 0 Å². The van der Waals surface area contributed by atoms with Gasteiger partial charge in [-0.1, -0.05) is 23.7 Å². The topological polar surface area (TPSA) is 43.9 Å². The summed E-state index contributed by atoms with van der Waals surface area (Å²) in [4.78, 5) is 31.2. The zero-order valence-electron chi connectivity index (χ0n) is 16.3. The summed E-state index contributed by atoms with van der Waals surface area (Å²) in [5.41, 5.74) is 0.370. The Morgan fingerprint density at radius 3 is 2.08 bits per heavy atom. The van der Waals surface area contributed by atoms with Crippen molar-refractivity contribution >= 4 is 23.4 Å². The lowest BCUT2D eigenvalue weighted by Crippen LogP contribution is -2.54. The van der Waals surface area contributed by atoms with E-state index in [1.165, 1.54) is 0 Å². The summed E-state index contributed by atoms with van der Waals surface area (Å²) >= 11 is 5.96. The zero-order valence-corrected chi connectivity index (χ0v) is 17.1. The SMILES string of the molecule is CCN(CC)C(=O)CN1CCN(C(=O)C(C)(C)c2ccc(Cl)cc2)CC1. The Morgan fingerprint density at radius 1 is 1.04 bits per heavy atom. The van der Waals surface area contributed by atoms with Crippen LogP contribution in [0.1, 0.15) is 33.3 Å². The van der Waals surface area contributed by atoms with Crippen molar-refractivity contribution in [2.45, 2.75) is 33.1 Å². The molecule has 2 amide bonds. The molecule has 5 nitrogen and oxygen atoms in total. The minimum absolute atomic E-state index is 0.120. The van der Waals surface area contributed by atoms with Gasteiger partial charge in [-0.25, -0.2) is 0 Å². The van der Waals surface area contributed by atoms with E-state index in [1.54, 1.807) is 0 Å². The first-order valence-corrected chi connectivity index (χ1v) is 9.73. The van der Waals surface area contributed by atoms with E-state index in [1.807, 2.05) is 61.8 Å². The summed E-state index contributed by atoms with van der Waals surface area (Å²) in [6.45, 7) is 12.6. The van der Waals surface area contributed by atoms with Crippen molar-refractivity contribution in [3.63, 3.8) is 0 Å². The number of rotatable bonds is 6. The molecule has 0 aromatic heterocycles. The molecule has 1 aromatic carbocycles. The first-order valence-electron chi connectivity index (χ1n) is 9.35. The molecule has 1 fully saturated rings. The zero-order chi connectivity index (χ0) is 19.3. The Labute approximate surface area is 161 Å². The highest BCUT2D eigenvalue weighted by molar-refractivity contribution is 6.30. The standard InChI is InChI=1S/C20H30ClN3O2/c1-5-23(6-2)18(25)15-22-11-13-24(14-12-22)19(26)20(3,4)16-7-9-17(21)10-8-16/h7-10H,5-6,11-15H2,1-4H3. The van der Waals surface area contributed by atoms with Crippen LogP contribution in [0.3, 0.4) is 0 Å². The number of piperazine rings is 1. The summed E-state index contributed by atoms with van der Waals surface area (Å²) in [5.74, 6) is 0.283. The monoisotopic (exact) mass is 379 g/mol. The lowest BCUT2D eigenvalue weighted by molar-refractivity contribution is -0.138.